The normalized spacial score (nSPS) is 16.2. The van der Waals surface area contributed by atoms with E-state index in [4.69, 9.17) is 4.11 Å². The van der Waals surface area contributed by atoms with Gasteiger partial charge in [0.05, 0.1) is 23.5 Å². The van der Waals surface area contributed by atoms with E-state index in [-0.39, 0.29) is 28.9 Å². The minimum absolute atomic E-state index is 0.00635. The van der Waals surface area contributed by atoms with E-state index in [1.807, 2.05) is 17.3 Å². The zero-order valence-electron chi connectivity index (χ0n) is 20.5. The number of carbonyl (C=O) groups is 2. The lowest BCUT2D eigenvalue weighted by atomic mass is 10.2. The maximum atomic E-state index is 12.8. The molecule has 1 fully saturated rings. The van der Waals surface area contributed by atoms with E-state index in [1.54, 1.807) is 23.9 Å². The second kappa shape index (κ2) is 7.59. The number of fused-ring (bicyclic) bond motifs is 3. The summed E-state index contributed by atoms with van der Waals surface area (Å²) >= 11 is 0. The van der Waals surface area contributed by atoms with Crippen LogP contribution in [0.4, 0.5) is 22.9 Å². The van der Waals surface area contributed by atoms with Crippen molar-refractivity contribution in [1.29, 1.82) is 0 Å². The van der Waals surface area contributed by atoms with Crippen molar-refractivity contribution in [1.82, 2.24) is 30.0 Å². The molecule has 1 saturated carbocycles. The highest BCUT2D eigenvalue weighted by molar-refractivity contribution is 6.02. The van der Waals surface area contributed by atoms with E-state index < -0.39 is 12.9 Å². The number of amides is 2. The molecule has 164 valence electrons. The SMILES string of the molecule is [2H]C([2H])([2H])NC(=O)c1cnc(NC(=O)C2CC2)cc1Nc1ccnc2c1N(C)Cc1nc(C)nn1-2. The zero-order valence-corrected chi connectivity index (χ0v) is 17.5. The largest absolute Gasteiger partial charge is 0.362 e. The first kappa shape index (κ1) is 16.6. The summed E-state index contributed by atoms with van der Waals surface area (Å²) in [4.78, 5) is 40.0. The number of aromatic nitrogens is 5. The van der Waals surface area contributed by atoms with Gasteiger partial charge in [-0.05, 0) is 25.8 Å². The summed E-state index contributed by atoms with van der Waals surface area (Å²) < 4.78 is 23.8. The molecule has 11 nitrogen and oxygen atoms in total. The van der Waals surface area contributed by atoms with E-state index in [0.29, 0.717) is 29.6 Å². The molecule has 11 heteroatoms. The highest BCUT2D eigenvalue weighted by atomic mass is 16.2. The summed E-state index contributed by atoms with van der Waals surface area (Å²) in [5, 5.41) is 12.4. The Morgan fingerprint density at radius 2 is 2.09 bits per heavy atom. The Labute approximate surface area is 188 Å². The molecule has 0 saturated heterocycles. The molecule has 4 heterocycles. The Morgan fingerprint density at radius 3 is 2.88 bits per heavy atom. The van der Waals surface area contributed by atoms with Crippen LogP contribution < -0.4 is 20.9 Å². The summed E-state index contributed by atoms with van der Waals surface area (Å²) in [5.41, 5.74) is 1.60. The van der Waals surface area contributed by atoms with Crippen LogP contribution in [-0.2, 0) is 11.3 Å². The Bertz CT molecular complexity index is 1330. The molecule has 3 N–H and O–H groups in total. The first-order valence-electron chi connectivity index (χ1n) is 11.6. The van der Waals surface area contributed by atoms with Gasteiger partial charge in [0.2, 0.25) is 5.91 Å². The van der Waals surface area contributed by atoms with Gasteiger partial charge in [0.1, 0.15) is 17.3 Å². The lowest BCUT2D eigenvalue weighted by molar-refractivity contribution is -0.117. The van der Waals surface area contributed by atoms with Gasteiger partial charge in [-0.2, -0.15) is 4.68 Å². The molecule has 32 heavy (non-hydrogen) atoms. The molecule has 0 unspecified atom stereocenters. The number of pyridine rings is 2. The van der Waals surface area contributed by atoms with Gasteiger partial charge >= 0.3 is 0 Å². The zero-order chi connectivity index (χ0) is 24.9. The second-order valence-electron chi connectivity index (χ2n) is 7.83. The van der Waals surface area contributed by atoms with Crippen LogP contribution in [0.2, 0.25) is 0 Å². The van der Waals surface area contributed by atoms with Gasteiger partial charge < -0.3 is 20.9 Å². The van der Waals surface area contributed by atoms with Gasteiger partial charge in [0.25, 0.3) is 5.91 Å². The van der Waals surface area contributed by atoms with E-state index >= 15 is 0 Å². The molecule has 0 atom stereocenters. The third kappa shape index (κ3) is 3.51. The molecule has 3 aromatic rings. The lowest BCUT2D eigenvalue weighted by Gasteiger charge is -2.29. The lowest BCUT2D eigenvalue weighted by Crippen LogP contribution is -2.28. The molecule has 0 spiro atoms. The van der Waals surface area contributed by atoms with Crippen molar-refractivity contribution < 1.29 is 13.7 Å². The average Bonchev–Trinajstić information content (AvgIpc) is 3.55. The molecule has 0 bridgehead atoms. The fourth-order valence-electron chi connectivity index (χ4n) is 3.69. The van der Waals surface area contributed by atoms with Gasteiger partial charge in [-0.15, -0.1) is 5.10 Å². The molecular formula is C21H23N9O2. The summed E-state index contributed by atoms with van der Waals surface area (Å²) in [5.74, 6) is 1.17. The number of hydrogen-bond donors (Lipinski definition) is 3. The minimum atomic E-state index is -2.68. The Morgan fingerprint density at radius 1 is 1.25 bits per heavy atom. The first-order valence-corrected chi connectivity index (χ1v) is 10.1. The van der Waals surface area contributed by atoms with Crippen molar-refractivity contribution >= 4 is 34.7 Å². The molecule has 2 aliphatic rings. The van der Waals surface area contributed by atoms with Crippen molar-refractivity contribution in [2.45, 2.75) is 26.3 Å². The van der Waals surface area contributed by atoms with Crippen molar-refractivity contribution in [2.75, 3.05) is 29.6 Å². The van der Waals surface area contributed by atoms with Crippen LogP contribution in [0.3, 0.4) is 0 Å². The van der Waals surface area contributed by atoms with E-state index in [1.165, 1.54) is 12.3 Å². The van der Waals surface area contributed by atoms with E-state index in [2.05, 4.69) is 30.7 Å². The van der Waals surface area contributed by atoms with E-state index in [9.17, 15) is 9.59 Å². The molecule has 5 rings (SSSR count). The maximum Gasteiger partial charge on any atom is 0.254 e. The highest BCUT2D eigenvalue weighted by Crippen LogP contribution is 2.37. The summed E-state index contributed by atoms with van der Waals surface area (Å²) in [7, 11) is 1.88. The number of rotatable bonds is 5. The average molecular weight is 436 g/mol. The molecule has 3 aromatic heterocycles. The monoisotopic (exact) mass is 436 g/mol. The van der Waals surface area contributed by atoms with Crippen molar-refractivity contribution in [2.24, 2.45) is 5.92 Å². The van der Waals surface area contributed by atoms with Crippen molar-refractivity contribution in [3.05, 3.63) is 41.7 Å². The quantitative estimate of drug-likeness (QED) is 0.552. The topological polar surface area (TPSA) is 130 Å². The first-order chi connectivity index (χ1) is 16.6. The Kier molecular flexibility index (Phi) is 3.95. The predicted molar refractivity (Wildman–Crippen MR) is 118 cm³/mol. The minimum Gasteiger partial charge on any atom is -0.362 e. The molecule has 2 amide bonds. The Balaban J connectivity index is 1.54. The van der Waals surface area contributed by atoms with Crippen LogP contribution in [-0.4, -0.2) is 50.6 Å². The van der Waals surface area contributed by atoms with Crippen LogP contribution in [0, 0.1) is 12.8 Å². The van der Waals surface area contributed by atoms with Gasteiger partial charge in [0, 0.05) is 42.5 Å². The molecule has 1 aliphatic carbocycles. The predicted octanol–water partition coefficient (Wildman–Crippen LogP) is 1.77. The number of hydrogen-bond acceptors (Lipinski definition) is 8. The van der Waals surface area contributed by atoms with Crippen molar-refractivity contribution in [3.8, 4) is 5.82 Å². The Hall–Kier alpha value is -4.02. The number of carbonyl (C=O) groups excluding carboxylic acids is 2. The van der Waals surface area contributed by atoms with Gasteiger partial charge in [-0.25, -0.2) is 15.0 Å². The van der Waals surface area contributed by atoms with Crippen LogP contribution in [0.1, 0.15) is 39.0 Å². The van der Waals surface area contributed by atoms with Gasteiger partial charge in [0.15, 0.2) is 11.6 Å². The third-order valence-electron chi connectivity index (χ3n) is 5.38. The smallest absolute Gasteiger partial charge is 0.254 e. The maximum absolute atomic E-state index is 12.8. The molecule has 0 aromatic carbocycles. The number of anilines is 4. The van der Waals surface area contributed by atoms with Crippen LogP contribution in [0.5, 0.6) is 0 Å². The van der Waals surface area contributed by atoms with Crippen LogP contribution in [0.15, 0.2) is 24.5 Å². The molecule has 1 aliphatic heterocycles. The number of nitrogens with one attached hydrogen (secondary N) is 3. The van der Waals surface area contributed by atoms with Gasteiger partial charge in [-0.1, -0.05) is 0 Å². The molecule has 0 radical (unpaired) electrons. The summed E-state index contributed by atoms with van der Waals surface area (Å²) in [6.07, 6.45) is 4.49. The standard InChI is InChI=1S/C21H23N9O2/c1-11-25-17-10-29(3)18-14(6-7-23-19(18)30(17)28-11)26-15-8-16(27-20(31)12-4-5-12)24-9-13(15)21(32)22-2/h6-9,12H,4-5,10H2,1-3H3,(H,22,32)(H2,23,24,26,27,31)/i2D3. The number of nitrogens with zero attached hydrogens (tertiary/aromatic N) is 6. The fraction of sp³-hybridized carbons (Fsp3) is 0.333. The fourth-order valence-corrected chi connectivity index (χ4v) is 3.69. The van der Waals surface area contributed by atoms with Crippen LogP contribution >= 0.6 is 0 Å². The second-order valence-corrected chi connectivity index (χ2v) is 7.83. The number of aryl methyl sites for hydroxylation is 1. The third-order valence-corrected chi connectivity index (χ3v) is 5.38. The van der Waals surface area contributed by atoms with Crippen LogP contribution in [0.25, 0.3) is 5.82 Å². The highest BCUT2D eigenvalue weighted by Gasteiger charge is 2.30. The van der Waals surface area contributed by atoms with Gasteiger partial charge in [-0.3, -0.25) is 9.59 Å². The van der Waals surface area contributed by atoms with E-state index in [0.717, 1.165) is 18.7 Å². The molecular weight excluding hydrogens is 410 g/mol. The summed E-state index contributed by atoms with van der Waals surface area (Å²) in [6, 6.07) is 3.24. The van der Waals surface area contributed by atoms with Crippen molar-refractivity contribution in [3.63, 3.8) is 0 Å². The summed E-state index contributed by atoms with van der Waals surface area (Å²) in [6.45, 7) is -0.387.